The summed E-state index contributed by atoms with van der Waals surface area (Å²) in [6, 6.07) is 13.1. The number of rotatable bonds is 2. The van der Waals surface area contributed by atoms with Crippen molar-refractivity contribution in [3.63, 3.8) is 0 Å². The lowest BCUT2D eigenvalue weighted by molar-refractivity contribution is -0.131. The average Bonchev–Trinajstić information content (AvgIpc) is 2.90. The van der Waals surface area contributed by atoms with Crippen LogP contribution >= 0.6 is 11.8 Å². The van der Waals surface area contributed by atoms with E-state index in [4.69, 9.17) is 0 Å². The van der Waals surface area contributed by atoms with Crippen LogP contribution in [0.2, 0.25) is 0 Å². The third-order valence-corrected chi connectivity index (χ3v) is 4.98. The van der Waals surface area contributed by atoms with Gasteiger partial charge in [0.15, 0.2) is 11.6 Å². The van der Waals surface area contributed by atoms with E-state index < -0.39 is 16.5 Å². The Labute approximate surface area is 137 Å². The largest absolute Gasteiger partial charge is 0.273 e. The summed E-state index contributed by atoms with van der Waals surface area (Å²) in [6.07, 6.45) is 0. The van der Waals surface area contributed by atoms with Gasteiger partial charge in [0.05, 0.1) is 0 Å². The van der Waals surface area contributed by atoms with Gasteiger partial charge in [0.25, 0.3) is 0 Å². The van der Waals surface area contributed by atoms with Crippen LogP contribution in [0.25, 0.3) is 0 Å². The van der Waals surface area contributed by atoms with Crippen LogP contribution in [-0.4, -0.2) is 16.0 Å². The highest BCUT2D eigenvalue weighted by Gasteiger charge is 2.43. The molecule has 3 rings (SSSR count). The van der Waals surface area contributed by atoms with Gasteiger partial charge in [-0.05, 0) is 30.7 Å². The predicted octanol–water partition coefficient (Wildman–Crippen LogP) is 4.09. The summed E-state index contributed by atoms with van der Waals surface area (Å²) in [7, 11) is 0. The number of thioether (sulfide) groups is 1. The fraction of sp³-hybridized carbons (Fsp3) is 0.176. The smallest absolute Gasteiger partial charge is 0.241 e. The number of benzene rings is 2. The summed E-state index contributed by atoms with van der Waals surface area (Å²) in [5, 5.41) is 6.19. The van der Waals surface area contributed by atoms with Crippen molar-refractivity contribution in [1.29, 1.82) is 0 Å². The van der Waals surface area contributed by atoms with Crippen LogP contribution < -0.4 is 0 Å². The average molecular weight is 332 g/mol. The molecule has 0 saturated carbocycles. The fourth-order valence-corrected chi connectivity index (χ4v) is 3.74. The molecule has 0 aromatic heterocycles. The standard InChI is InChI=1S/C17H14F2N2OS/c1-11(22)21-17(2,13-6-4-3-5-7-13)23-16(20-21)12-8-9-14(18)15(19)10-12/h3-10H,1-2H3. The van der Waals surface area contributed by atoms with E-state index in [1.807, 2.05) is 37.3 Å². The van der Waals surface area contributed by atoms with Crippen LogP contribution in [0.5, 0.6) is 0 Å². The molecule has 6 heteroatoms. The zero-order valence-corrected chi connectivity index (χ0v) is 13.4. The predicted molar refractivity (Wildman–Crippen MR) is 86.8 cm³/mol. The Balaban J connectivity index is 2.04. The molecule has 1 aliphatic rings. The van der Waals surface area contributed by atoms with Gasteiger partial charge in [-0.3, -0.25) is 4.79 Å². The maximum Gasteiger partial charge on any atom is 0.241 e. The molecule has 0 aliphatic carbocycles. The van der Waals surface area contributed by atoms with Crippen molar-refractivity contribution < 1.29 is 13.6 Å². The monoisotopic (exact) mass is 332 g/mol. The summed E-state index contributed by atoms with van der Waals surface area (Å²) in [6.45, 7) is 3.31. The quantitative estimate of drug-likeness (QED) is 0.829. The summed E-state index contributed by atoms with van der Waals surface area (Å²) in [5.41, 5.74) is 1.35. The Morgan fingerprint density at radius 3 is 2.43 bits per heavy atom. The number of amides is 1. The summed E-state index contributed by atoms with van der Waals surface area (Å²) >= 11 is 1.34. The minimum absolute atomic E-state index is 0.221. The van der Waals surface area contributed by atoms with Crippen molar-refractivity contribution in [1.82, 2.24) is 5.01 Å². The van der Waals surface area contributed by atoms with Crippen LogP contribution in [0.15, 0.2) is 53.6 Å². The Morgan fingerprint density at radius 2 is 1.83 bits per heavy atom. The van der Waals surface area contributed by atoms with Crippen molar-refractivity contribution in [2.45, 2.75) is 18.7 Å². The minimum Gasteiger partial charge on any atom is -0.273 e. The van der Waals surface area contributed by atoms with Crippen LogP contribution in [0, 0.1) is 11.6 Å². The van der Waals surface area contributed by atoms with Gasteiger partial charge in [0, 0.05) is 12.5 Å². The summed E-state index contributed by atoms with van der Waals surface area (Å²) < 4.78 is 26.6. The van der Waals surface area contributed by atoms with E-state index in [2.05, 4.69) is 5.10 Å². The summed E-state index contributed by atoms with van der Waals surface area (Å²) in [5.74, 6) is -2.07. The molecular weight excluding hydrogens is 318 g/mol. The van der Waals surface area contributed by atoms with Crippen LogP contribution in [-0.2, 0) is 9.67 Å². The highest BCUT2D eigenvalue weighted by molar-refractivity contribution is 8.15. The molecule has 3 nitrogen and oxygen atoms in total. The van der Waals surface area contributed by atoms with Gasteiger partial charge in [-0.15, -0.1) is 0 Å². The number of halogens is 2. The van der Waals surface area contributed by atoms with E-state index in [9.17, 15) is 13.6 Å². The topological polar surface area (TPSA) is 32.7 Å². The Kier molecular flexibility index (Phi) is 3.93. The van der Waals surface area contributed by atoms with E-state index in [1.165, 1.54) is 29.8 Å². The SMILES string of the molecule is CC(=O)N1N=C(c2ccc(F)c(F)c2)SC1(C)c1ccccc1. The molecule has 0 N–H and O–H groups in total. The lowest BCUT2D eigenvalue weighted by Gasteiger charge is -2.31. The Hall–Kier alpha value is -2.21. The molecule has 23 heavy (non-hydrogen) atoms. The number of carbonyl (C=O) groups excluding carboxylic acids is 1. The Bertz CT molecular complexity index is 794. The molecule has 0 fully saturated rings. The number of hydrogen-bond acceptors (Lipinski definition) is 3. The van der Waals surface area contributed by atoms with Gasteiger partial charge >= 0.3 is 0 Å². The molecule has 1 aliphatic heterocycles. The molecule has 1 heterocycles. The zero-order chi connectivity index (χ0) is 16.6. The van der Waals surface area contributed by atoms with E-state index in [-0.39, 0.29) is 5.91 Å². The first kappa shape index (κ1) is 15.7. The molecule has 2 aromatic rings. The second-order valence-electron chi connectivity index (χ2n) is 5.32. The second-order valence-corrected chi connectivity index (χ2v) is 6.70. The van der Waals surface area contributed by atoms with Gasteiger partial charge < -0.3 is 0 Å². The second kappa shape index (κ2) is 5.77. The maximum atomic E-state index is 13.5. The highest BCUT2D eigenvalue weighted by Crippen LogP contribution is 2.46. The summed E-state index contributed by atoms with van der Waals surface area (Å²) in [4.78, 5) is 11.3. The third kappa shape index (κ3) is 2.74. The van der Waals surface area contributed by atoms with E-state index >= 15 is 0 Å². The first-order valence-corrected chi connectivity index (χ1v) is 7.83. The lowest BCUT2D eigenvalue weighted by Crippen LogP contribution is -2.37. The molecule has 118 valence electrons. The first-order valence-electron chi connectivity index (χ1n) is 7.01. The molecule has 0 spiro atoms. The number of carbonyl (C=O) groups is 1. The molecule has 1 amide bonds. The lowest BCUT2D eigenvalue weighted by atomic mass is 10.1. The van der Waals surface area contributed by atoms with E-state index in [0.29, 0.717) is 10.6 Å². The third-order valence-electron chi connectivity index (χ3n) is 3.66. The molecular formula is C17H14F2N2OS. The molecule has 1 unspecified atom stereocenters. The fourth-order valence-electron chi connectivity index (χ4n) is 2.48. The molecule has 0 bridgehead atoms. The normalized spacial score (nSPS) is 20.5. The highest BCUT2D eigenvalue weighted by atomic mass is 32.2. The maximum absolute atomic E-state index is 13.5. The van der Waals surface area contributed by atoms with Gasteiger partial charge in [0.1, 0.15) is 9.91 Å². The van der Waals surface area contributed by atoms with Crippen LogP contribution in [0.3, 0.4) is 0 Å². The number of hydrazone groups is 1. The van der Waals surface area contributed by atoms with Gasteiger partial charge in [0.2, 0.25) is 5.91 Å². The molecule has 0 saturated heterocycles. The first-order chi connectivity index (χ1) is 10.9. The minimum atomic E-state index is -0.937. The van der Waals surface area contributed by atoms with Crippen molar-refractivity contribution >= 4 is 22.7 Å². The zero-order valence-electron chi connectivity index (χ0n) is 12.6. The van der Waals surface area contributed by atoms with Gasteiger partial charge in [-0.2, -0.15) is 5.10 Å². The van der Waals surface area contributed by atoms with Crippen molar-refractivity contribution in [2.75, 3.05) is 0 Å². The van der Waals surface area contributed by atoms with Gasteiger partial charge in [-0.1, -0.05) is 42.1 Å². The van der Waals surface area contributed by atoms with E-state index in [0.717, 1.165) is 17.7 Å². The van der Waals surface area contributed by atoms with Gasteiger partial charge in [-0.25, -0.2) is 13.8 Å². The van der Waals surface area contributed by atoms with Crippen molar-refractivity contribution in [2.24, 2.45) is 5.10 Å². The van der Waals surface area contributed by atoms with Crippen LogP contribution in [0.4, 0.5) is 8.78 Å². The number of hydrogen-bond donors (Lipinski definition) is 0. The van der Waals surface area contributed by atoms with E-state index in [1.54, 1.807) is 0 Å². The molecule has 1 atom stereocenters. The molecule has 2 aromatic carbocycles. The molecule has 0 radical (unpaired) electrons. The van der Waals surface area contributed by atoms with Crippen molar-refractivity contribution in [3.05, 3.63) is 71.3 Å². The van der Waals surface area contributed by atoms with Crippen molar-refractivity contribution in [3.8, 4) is 0 Å². The van der Waals surface area contributed by atoms with Crippen LogP contribution in [0.1, 0.15) is 25.0 Å². The number of nitrogens with zero attached hydrogens (tertiary/aromatic N) is 2. The Morgan fingerprint density at radius 1 is 1.13 bits per heavy atom.